The van der Waals surface area contributed by atoms with Gasteiger partial charge in [-0.2, -0.15) is 0 Å². The van der Waals surface area contributed by atoms with Crippen LogP contribution in [0.5, 0.6) is 0 Å². The summed E-state index contributed by atoms with van der Waals surface area (Å²) in [5.41, 5.74) is 0.169. The molecule has 0 heterocycles. The smallest absolute Gasteiger partial charge is 0.196 e. The van der Waals surface area contributed by atoms with Gasteiger partial charge in [0.2, 0.25) is 0 Å². The van der Waals surface area contributed by atoms with Gasteiger partial charge in [-0.25, -0.2) is 0 Å². The lowest BCUT2D eigenvalue weighted by atomic mass is 9.84. The van der Waals surface area contributed by atoms with Crippen LogP contribution in [0, 0.1) is 5.92 Å². The lowest BCUT2D eigenvalue weighted by Gasteiger charge is -2.40. The van der Waals surface area contributed by atoms with E-state index in [0.29, 0.717) is 12.0 Å². The Balaban J connectivity index is 1.97. The van der Waals surface area contributed by atoms with Gasteiger partial charge in [-0.3, -0.25) is 0 Å². The third-order valence-electron chi connectivity index (χ3n) is 5.58. The maximum Gasteiger partial charge on any atom is 0.196 e. The minimum absolute atomic E-state index is 0.169. The Bertz CT molecular complexity index is 317. The highest BCUT2D eigenvalue weighted by atomic mass is 28.4. The fourth-order valence-corrected chi connectivity index (χ4v) is 7.21. The quantitative estimate of drug-likeness (QED) is 0.550. The summed E-state index contributed by atoms with van der Waals surface area (Å²) in [4.78, 5) is 0. The summed E-state index contributed by atoms with van der Waals surface area (Å²) in [5.74, 6) is 0.462. The molecule has 3 heteroatoms. The number of hydrogen-bond acceptors (Lipinski definition) is 2. The first-order valence-corrected chi connectivity index (χ1v) is 12.0. The van der Waals surface area contributed by atoms with Crippen molar-refractivity contribution in [2.24, 2.45) is 5.92 Å². The molecule has 0 aromatic heterocycles. The van der Waals surface area contributed by atoms with Gasteiger partial charge < -0.3 is 9.53 Å². The minimum atomic E-state index is -1.94. The zero-order valence-corrected chi connectivity index (χ0v) is 15.0. The van der Waals surface area contributed by atoms with E-state index in [1.807, 2.05) is 6.08 Å². The summed E-state index contributed by atoms with van der Waals surface area (Å²) in [7, 11) is -1.94. The second-order valence-corrected chi connectivity index (χ2v) is 11.7. The molecule has 0 radical (unpaired) electrons. The molecule has 21 heavy (non-hydrogen) atoms. The maximum atomic E-state index is 10.9. The lowest BCUT2D eigenvalue weighted by molar-refractivity contribution is 0.0725. The Labute approximate surface area is 132 Å². The van der Waals surface area contributed by atoms with Gasteiger partial charge in [0.15, 0.2) is 8.32 Å². The first-order chi connectivity index (χ1) is 10.0. The molecule has 2 fully saturated rings. The van der Waals surface area contributed by atoms with Gasteiger partial charge >= 0.3 is 0 Å². The van der Waals surface area contributed by atoms with Crippen LogP contribution in [0.1, 0.15) is 64.2 Å². The van der Waals surface area contributed by atoms with Crippen molar-refractivity contribution in [2.75, 3.05) is 0 Å². The highest BCUT2D eigenvalue weighted by Gasteiger charge is 2.41. The highest BCUT2D eigenvalue weighted by Crippen LogP contribution is 2.38. The van der Waals surface area contributed by atoms with Crippen LogP contribution in [0.3, 0.4) is 0 Å². The Hall–Kier alpha value is -0.123. The molecule has 0 unspecified atom stereocenters. The summed E-state index contributed by atoms with van der Waals surface area (Å²) >= 11 is 0. The zero-order valence-electron chi connectivity index (χ0n) is 14.0. The largest absolute Gasteiger partial charge is 0.414 e. The van der Waals surface area contributed by atoms with Gasteiger partial charge in [0.05, 0.1) is 6.10 Å². The fourth-order valence-electron chi connectivity index (χ4n) is 4.29. The van der Waals surface area contributed by atoms with E-state index < -0.39 is 8.32 Å². The normalized spacial score (nSPS) is 25.5. The second kappa shape index (κ2) is 7.93. The molecular weight excluding hydrogens is 276 g/mol. The topological polar surface area (TPSA) is 29.5 Å². The maximum absolute atomic E-state index is 10.9. The van der Waals surface area contributed by atoms with Crippen LogP contribution in [0.15, 0.2) is 12.7 Å². The Kier molecular flexibility index (Phi) is 6.51. The van der Waals surface area contributed by atoms with Crippen LogP contribution in [-0.4, -0.2) is 25.6 Å². The van der Waals surface area contributed by atoms with Crippen LogP contribution in [0.4, 0.5) is 0 Å². The number of aliphatic hydroxyl groups is 1. The first-order valence-electron chi connectivity index (χ1n) is 9.03. The summed E-state index contributed by atoms with van der Waals surface area (Å²) in [6, 6.07) is 0. The number of aliphatic hydroxyl groups excluding tert-OH is 1. The third kappa shape index (κ3) is 4.67. The molecule has 2 atom stereocenters. The van der Waals surface area contributed by atoms with E-state index in [0.717, 1.165) is 0 Å². The molecule has 0 amide bonds. The molecule has 2 aliphatic rings. The fraction of sp³-hybridized carbons (Fsp3) is 0.889. The molecule has 1 N–H and O–H groups in total. The molecule has 0 saturated heterocycles. The van der Waals surface area contributed by atoms with Gasteiger partial charge in [0, 0.05) is 11.6 Å². The summed E-state index contributed by atoms with van der Waals surface area (Å²) < 4.78 is 6.55. The Morgan fingerprint density at radius 3 is 2.05 bits per heavy atom. The predicted octanol–water partition coefficient (Wildman–Crippen LogP) is 5.04. The molecule has 122 valence electrons. The molecule has 2 aliphatic carbocycles. The first kappa shape index (κ1) is 17.2. The molecule has 2 nitrogen and oxygen atoms in total. The van der Waals surface area contributed by atoms with Gasteiger partial charge in [0.1, 0.15) is 0 Å². The van der Waals surface area contributed by atoms with E-state index in [2.05, 4.69) is 19.7 Å². The van der Waals surface area contributed by atoms with Crippen molar-refractivity contribution < 1.29 is 9.53 Å². The SMILES string of the molecule is C=C[C@@H]([C@H](O)C1CCCCC1)[Si](C)(C)OC1CCCCC1. The average Bonchev–Trinajstić information content (AvgIpc) is 2.49. The van der Waals surface area contributed by atoms with Crippen LogP contribution in [-0.2, 0) is 4.43 Å². The van der Waals surface area contributed by atoms with Crippen LogP contribution in [0.2, 0.25) is 18.6 Å². The molecular formula is C18H34O2Si. The molecule has 2 saturated carbocycles. The third-order valence-corrected chi connectivity index (χ3v) is 8.70. The molecule has 0 bridgehead atoms. The van der Waals surface area contributed by atoms with Crippen molar-refractivity contribution in [1.29, 1.82) is 0 Å². The van der Waals surface area contributed by atoms with Crippen molar-refractivity contribution in [3.8, 4) is 0 Å². The van der Waals surface area contributed by atoms with E-state index in [9.17, 15) is 5.11 Å². The van der Waals surface area contributed by atoms with E-state index in [4.69, 9.17) is 4.43 Å². The Morgan fingerprint density at radius 1 is 1.00 bits per heavy atom. The second-order valence-electron chi connectivity index (χ2n) is 7.63. The molecule has 0 aromatic carbocycles. The molecule has 0 aliphatic heterocycles. The highest BCUT2D eigenvalue weighted by molar-refractivity contribution is 6.73. The molecule has 2 rings (SSSR count). The molecule has 0 spiro atoms. The number of hydrogen-bond donors (Lipinski definition) is 1. The van der Waals surface area contributed by atoms with Crippen molar-refractivity contribution in [1.82, 2.24) is 0 Å². The van der Waals surface area contributed by atoms with Crippen LogP contribution < -0.4 is 0 Å². The van der Waals surface area contributed by atoms with Crippen molar-refractivity contribution in [3.05, 3.63) is 12.7 Å². The van der Waals surface area contributed by atoms with E-state index in [1.54, 1.807) is 0 Å². The zero-order chi connectivity index (χ0) is 15.3. The summed E-state index contributed by atoms with van der Waals surface area (Å²) in [5, 5.41) is 10.9. The van der Waals surface area contributed by atoms with E-state index in [-0.39, 0.29) is 11.6 Å². The van der Waals surface area contributed by atoms with Gasteiger partial charge in [0.25, 0.3) is 0 Å². The average molecular weight is 311 g/mol. The van der Waals surface area contributed by atoms with Crippen LogP contribution in [0.25, 0.3) is 0 Å². The monoisotopic (exact) mass is 310 g/mol. The van der Waals surface area contributed by atoms with Crippen molar-refractivity contribution in [2.45, 2.75) is 95.1 Å². The minimum Gasteiger partial charge on any atom is -0.414 e. The van der Waals surface area contributed by atoms with Gasteiger partial charge in [-0.05, 0) is 44.7 Å². The lowest BCUT2D eigenvalue weighted by Crippen LogP contribution is -2.46. The Morgan fingerprint density at radius 2 is 1.52 bits per heavy atom. The van der Waals surface area contributed by atoms with E-state index in [1.165, 1.54) is 64.2 Å². The van der Waals surface area contributed by atoms with Gasteiger partial charge in [-0.15, -0.1) is 6.58 Å². The van der Waals surface area contributed by atoms with Crippen molar-refractivity contribution >= 4 is 8.32 Å². The van der Waals surface area contributed by atoms with E-state index >= 15 is 0 Å². The van der Waals surface area contributed by atoms with Crippen LogP contribution >= 0.6 is 0 Å². The summed E-state index contributed by atoms with van der Waals surface area (Å²) in [6.07, 6.45) is 14.8. The predicted molar refractivity (Wildman–Crippen MR) is 92.0 cm³/mol. The van der Waals surface area contributed by atoms with Gasteiger partial charge in [-0.1, -0.05) is 44.6 Å². The standard InChI is InChI=1S/C18H34O2Si/c1-4-17(18(19)15-11-7-5-8-12-15)21(2,3)20-16-13-9-6-10-14-16/h4,15-19H,1,5-14H2,2-3H3/t17-,18+/m0/s1. The van der Waals surface area contributed by atoms with Crippen molar-refractivity contribution in [3.63, 3.8) is 0 Å². The molecule has 0 aromatic rings. The number of rotatable bonds is 6. The summed E-state index contributed by atoms with van der Waals surface area (Å²) in [6.45, 7) is 8.59.